The van der Waals surface area contributed by atoms with Gasteiger partial charge in [0.15, 0.2) is 0 Å². The molecule has 0 aliphatic carbocycles. The molecule has 0 atom stereocenters. The minimum Gasteiger partial charge on any atom is -0.369 e. The van der Waals surface area contributed by atoms with Crippen LogP contribution in [0.2, 0.25) is 0 Å². The first-order valence-corrected chi connectivity index (χ1v) is 8.53. The van der Waals surface area contributed by atoms with Crippen LogP contribution >= 0.6 is 0 Å². The summed E-state index contributed by atoms with van der Waals surface area (Å²) >= 11 is 0. The third-order valence-corrected chi connectivity index (χ3v) is 4.58. The first-order valence-electron chi connectivity index (χ1n) is 7.03. The van der Waals surface area contributed by atoms with Crippen molar-refractivity contribution in [2.24, 2.45) is 5.73 Å². The van der Waals surface area contributed by atoms with Crippen LogP contribution in [-0.2, 0) is 21.4 Å². The van der Waals surface area contributed by atoms with Crippen molar-refractivity contribution < 1.29 is 13.2 Å². The van der Waals surface area contributed by atoms with Gasteiger partial charge in [-0.15, -0.1) is 0 Å². The molecule has 0 aromatic heterocycles. The van der Waals surface area contributed by atoms with Crippen molar-refractivity contribution in [3.05, 3.63) is 77.2 Å². The molecule has 2 aromatic rings. The number of rotatable bonds is 7. The van der Waals surface area contributed by atoms with Crippen LogP contribution in [0.5, 0.6) is 0 Å². The first kappa shape index (κ1) is 16.9. The lowest BCUT2D eigenvalue weighted by Gasteiger charge is -2.18. The van der Waals surface area contributed by atoms with Gasteiger partial charge in [0.2, 0.25) is 15.9 Å². The van der Waals surface area contributed by atoms with Gasteiger partial charge in [0, 0.05) is 12.0 Å². The molecule has 120 valence electrons. The molecule has 2 aromatic carbocycles. The van der Waals surface area contributed by atoms with Gasteiger partial charge in [0.05, 0.1) is 6.54 Å². The second kappa shape index (κ2) is 7.71. The number of primary amides is 1. The topological polar surface area (TPSA) is 80.5 Å². The lowest BCUT2D eigenvalue weighted by molar-refractivity contribution is -0.118. The molecular formula is C17H18N2O3S. The highest BCUT2D eigenvalue weighted by molar-refractivity contribution is 7.92. The number of hydrogen-bond acceptors (Lipinski definition) is 3. The summed E-state index contributed by atoms with van der Waals surface area (Å²) < 4.78 is 26.0. The SMILES string of the molecule is NC(=O)CN(Cc1ccccc1)S(=O)(=O)C=Cc1ccccc1. The lowest BCUT2D eigenvalue weighted by Crippen LogP contribution is -2.36. The van der Waals surface area contributed by atoms with Gasteiger partial charge >= 0.3 is 0 Å². The summed E-state index contributed by atoms with van der Waals surface area (Å²) in [5.74, 6) is -0.697. The Morgan fingerprint density at radius 1 is 1.00 bits per heavy atom. The van der Waals surface area contributed by atoms with Gasteiger partial charge in [-0.25, -0.2) is 8.42 Å². The number of hydrogen-bond donors (Lipinski definition) is 1. The smallest absolute Gasteiger partial charge is 0.237 e. The van der Waals surface area contributed by atoms with E-state index in [-0.39, 0.29) is 13.1 Å². The number of nitrogens with zero attached hydrogens (tertiary/aromatic N) is 1. The third-order valence-electron chi connectivity index (χ3n) is 3.13. The van der Waals surface area contributed by atoms with E-state index < -0.39 is 15.9 Å². The monoisotopic (exact) mass is 330 g/mol. The summed E-state index contributed by atoms with van der Waals surface area (Å²) in [6.07, 6.45) is 1.49. The van der Waals surface area contributed by atoms with Crippen molar-refractivity contribution in [2.75, 3.05) is 6.54 Å². The Bertz CT molecular complexity index is 772. The van der Waals surface area contributed by atoms with E-state index in [2.05, 4.69) is 0 Å². The molecule has 0 radical (unpaired) electrons. The molecule has 0 unspecified atom stereocenters. The molecule has 0 heterocycles. The minimum absolute atomic E-state index is 0.0885. The van der Waals surface area contributed by atoms with Gasteiger partial charge in [-0.2, -0.15) is 4.31 Å². The van der Waals surface area contributed by atoms with Crippen molar-refractivity contribution in [3.8, 4) is 0 Å². The van der Waals surface area contributed by atoms with E-state index in [0.717, 1.165) is 20.8 Å². The average molecular weight is 330 g/mol. The Morgan fingerprint density at radius 3 is 2.13 bits per heavy atom. The van der Waals surface area contributed by atoms with Gasteiger partial charge < -0.3 is 5.73 Å². The standard InChI is InChI=1S/C17H18N2O3S/c18-17(20)14-19(13-16-9-5-2-6-10-16)23(21,22)12-11-15-7-3-1-4-8-15/h1-12H,13-14H2,(H2,18,20). The third kappa shape index (κ3) is 5.36. The van der Waals surface area contributed by atoms with Crippen LogP contribution in [0.25, 0.3) is 6.08 Å². The molecule has 0 saturated carbocycles. The normalized spacial score (nSPS) is 11.9. The Hall–Kier alpha value is -2.44. The molecule has 0 aliphatic rings. The lowest BCUT2D eigenvalue weighted by atomic mass is 10.2. The molecule has 0 spiro atoms. The van der Waals surface area contributed by atoms with E-state index in [9.17, 15) is 13.2 Å². The predicted molar refractivity (Wildman–Crippen MR) is 90.4 cm³/mol. The minimum atomic E-state index is -3.76. The highest BCUT2D eigenvalue weighted by atomic mass is 32.2. The van der Waals surface area contributed by atoms with E-state index in [0.29, 0.717) is 0 Å². The van der Waals surface area contributed by atoms with Gasteiger partial charge in [-0.1, -0.05) is 60.7 Å². The number of sulfonamides is 1. The maximum absolute atomic E-state index is 12.5. The largest absolute Gasteiger partial charge is 0.369 e. The van der Waals surface area contributed by atoms with E-state index in [1.165, 1.54) is 6.08 Å². The van der Waals surface area contributed by atoms with E-state index >= 15 is 0 Å². The Kier molecular flexibility index (Phi) is 5.67. The van der Waals surface area contributed by atoms with Crippen LogP contribution in [0.3, 0.4) is 0 Å². The zero-order valence-electron chi connectivity index (χ0n) is 12.5. The average Bonchev–Trinajstić information content (AvgIpc) is 2.54. The fourth-order valence-electron chi connectivity index (χ4n) is 2.01. The molecule has 1 amide bonds. The maximum Gasteiger partial charge on any atom is 0.237 e. The molecule has 0 saturated heterocycles. The molecule has 6 heteroatoms. The van der Waals surface area contributed by atoms with Crippen LogP contribution in [0.15, 0.2) is 66.1 Å². The zero-order chi connectivity index (χ0) is 16.7. The van der Waals surface area contributed by atoms with Gasteiger partial charge in [0.25, 0.3) is 0 Å². The summed E-state index contributed by atoms with van der Waals surface area (Å²) in [5, 5.41) is 1.09. The number of benzene rings is 2. The summed E-state index contributed by atoms with van der Waals surface area (Å²) in [5.41, 5.74) is 6.72. The van der Waals surface area contributed by atoms with Crippen molar-refractivity contribution in [1.82, 2.24) is 4.31 Å². The highest BCUT2D eigenvalue weighted by Gasteiger charge is 2.21. The Morgan fingerprint density at radius 2 is 1.57 bits per heavy atom. The van der Waals surface area contributed by atoms with E-state index in [1.54, 1.807) is 24.3 Å². The van der Waals surface area contributed by atoms with Gasteiger partial charge in [-0.05, 0) is 17.2 Å². The molecule has 2 rings (SSSR count). The van der Waals surface area contributed by atoms with Crippen LogP contribution < -0.4 is 5.73 Å². The molecule has 0 fully saturated rings. The quantitative estimate of drug-likeness (QED) is 0.843. The fourth-order valence-corrected chi connectivity index (χ4v) is 3.15. The number of amides is 1. The number of nitrogens with two attached hydrogens (primary N) is 1. The first-order chi connectivity index (χ1) is 11.0. The van der Waals surface area contributed by atoms with Crippen LogP contribution in [-0.4, -0.2) is 25.2 Å². The van der Waals surface area contributed by atoms with Crippen molar-refractivity contribution in [3.63, 3.8) is 0 Å². The maximum atomic E-state index is 12.5. The van der Waals surface area contributed by atoms with Crippen LogP contribution in [0, 0.1) is 0 Å². The molecule has 23 heavy (non-hydrogen) atoms. The van der Waals surface area contributed by atoms with Gasteiger partial charge in [0.1, 0.15) is 0 Å². The number of carbonyl (C=O) groups is 1. The molecular weight excluding hydrogens is 312 g/mol. The summed E-state index contributed by atoms with van der Waals surface area (Å²) in [4.78, 5) is 11.2. The zero-order valence-corrected chi connectivity index (χ0v) is 13.3. The predicted octanol–water partition coefficient (Wildman–Crippen LogP) is 1.97. The summed E-state index contributed by atoms with van der Waals surface area (Å²) in [6.45, 7) is -0.276. The van der Waals surface area contributed by atoms with Crippen LogP contribution in [0.1, 0.15) is 11.1 Å². The van der Waals surface area contributed by atoms with Gasteiger partial charge in [-0.3, -0.25) is 4.79 Å². The molecule has 0 aliphatic heterocycles. The Labute approximate surface area is 136 Å². The molecule has 5 nitrogen and oxygen atoms in total. The van der Waals surface area contributed by atoms with Crippen LogP contribution in [0.4, 0.5) is 0 Å². The molecule has 2 N–H and O–H groups in total. The molecule has 0 bridgehead atoms. The summed E-state index contributed by atoms with van der Waals surface area (Å²) in [7, 11) is -3.76. The van der Waals surface area contributed by atoms with Crippen molar-refractivity contribution >= 4 is 22.0 Å². The second-order valence-electron chi connectivity index (χ2n) is 4.98. The van der Waals surface area contributed by atoms with E-state index in [4.69, 9.17) is 5.73 Å². The highest BCUT2D eigenvalue weighted by Crippen LogP contribution is 2.12. The Balaban J connectivity index is 2.22. The van der Waals surface area contributed by atoms with E-state index in [1.807, 2.05) is 36.4 Å². The second-order valence-corrected chi connectivity index (χ2v) is 6.80. The van der Waals surface area contributed by atoms with Crippen molar-refractivity contribution in [2.45, 2.75) is 6.54 Å². The summed E-state index contributed by atoms with van der Waals surface area (Å²) in [6, 6.07) is 18.1. The number of carbonyl (C=O) groups excluding carboxylic acids is 1. The fraction of sp³-hybridized carbons (Fsp3) is 0.118. The van der Waals surface area contributed by atoms with Crippen molar-refractivity contribution in [1.29, 1.82) is 0 Å².